The van der Waals surface area contributed by atoms with Gasteiger partial charge in [0, 0.05) is 0 Å². The monoisotopic (exact) mass is 376 g/mol. The molecule has 0 aliphatic carbocycles. The molecule has 1 amide bonds. The van der Waals surface area contributed by atoms with E-state index < -0.39 is 22.0 Å². The van der Waals surface area contributed by atoms with Gasteiger partial charge in [0.05, 0.1) is 24.7 Å². The Hall–Kier alpha value is -2.54. The minimum atomic E-state index is -3.66. The number of benzene rings is 2. The second-order valence-electron chi connectivity index (χ2n) is 6.27. The molecule has 0 bridgehead atoms. The molecule has 0 aliphatic rings. The molecule has 0 aliphatic heterocycles. The average Bonchev–Trinajstić information content (AvgIpc) is 2.53. The Morgan fingerprint density at radius 2 is 1.69 bits per heavy atom. The molecule has 1 N–H and O–H groups in total. The Morgan fingerprint density at radius 3 is 2.23 bits per heavy atom. The lowest BCUT2D eigenvalue weighted by Gasteiger charge is -2.29. The molecule has 140 valence electrons. The minimum Gasteiger partial charge on any atom is -0.495 e. The summed E-state index contributed by atoms with van der Waals surface area (Å²) in [6.45, 7) is 5.33. The number of amides is 1. The molecule has 0 radical (unpaired) electrons. The van der Waals surface area contributed by atoms with Gasteiger partial charge in [0.1, 0.15) is 11.8 Å². The lowest BCUT2D eigenvalue weighted by Crippen LogP contribution is -2.45. The van der Waals surface area contributed by atoms with Crippen molar-refractivity contribution in [1.82, 2.24) is 0 Å². The maximum absolute atomic E-state index is 12.7. The van der Waals surface area contributed by atoms with Crippen molar-refractivity contribution in [2.75, 3.05) is 23.0 Å². The van der Waals surface area contributed by atoms with Crippen molar-refractivity contribution in [2.24, 2.45) is 0 Å². The van der Waals surface area contributed by atoms with E-state index in [-0.39, 0.29) is 0 Å². The number of anilines is 2. The third-order valence-electron chi connectivity index (χ3n) is 3.91. The first-order chi connectivity index (χ1) is 12.1. The number of carbonyl (C=O) groups excluding carboxylic acids is 1. The summed E-state index contributed by atoms with van der Waals surface area (Å²) in [5.74, 6) is 0.0597. The molecule has 0 fully saturated rings. The summed E-state index contributed by atoms with van der Waals surface area (Å²) in [4.78, 5) is 12.7. The van der Waals surface area contributed by atoms with E-state index in [9.17, 15) is 13.2 Å². The summed E-state index contributed by atoms with van der Waals surface area (Å²) in [5.41, 5.74) is 2.80. The number of aryl methyl sites for hydroxylation is 2. The quantitative estimate of drug-likeness (QED) is 0.840. The van der Waals surface area contributed by atoms with Crippen LogP contribution in [0.15, 0.2) is 42.5 Å². The standard InChI is InChI=1S/C19H24N2O4S/c1-13-10-14(2)12-16(11-13)21(26(5,23)24)15(3)19(22)20-17-8-6-7-9-18(17)25-4/h6-12,15H,1-5H3,(H,20,22)/t15-/m0/s1. The normalized spacial score (nSPS) is 12.3. The molecule has 0 spiro atoms. The Labute approximate surface area is 154 Å². The predicted molar refractivity (Wildman–Crippen MR) is 104 cm³/mol. The summed E-state index contributed by atoms with van der Waals surface area (Å²) in [7, 11) is -2.16. The van der Waals surface area contributed by atoms with Gasteiger partial charge in [-0.2, -0.15) is 0 Å². The fraction of sp³-hybridized carbons (Fsp3) is 0.316. The van der Waals surface area contributed by atoms with Crippen LogP contribution in [0.1, 0.15) is 18.1 Å². The fourth-order valence-corrected chi connectivity index (χ4v) is 4.03. The number of methoxy groups -OCH3 is 1. The first-order valence-electron chi connectivity index (χ1n) is 8.15. The van der Waals surface area contributed by atoms with Crippen LogP contribution >= 0.6 is 0 Å². The average molecular weight is 376 g/mol. The van der Waals surface area contributed by atoms with Gasteiger partial charge in [0.25, 0.3) is 0 Å². The van der Waals surface area contributed by atoms with Crippen LogP contribution in [0.3, 0.4) is 0 Å². The van der Waals surface area contributed by atoms with E-state index >= 15 is 0 Å². The first-order valence-corrected chi connectivity index (χ1v) is 10.00. The number of hydrogen-bond acceptors (Lipinski definition) is 4. The molecule has 0 saturated heterocycles. The van der Waals surface area contributed by atoms with E-state index in [1.807, 2.05) is 19.9 Å². The van der Waals surface area contributed by atoms with Gasteiger partial charge >= 0.3 is 0 Å². The lowest BCUT2D eigenvalue weighted by molar-refractivity contribution is -0.116. The highest BCUT2D eigenvalue weighted by Crippen LogP contribution is 2.26. The summed E-state index contributed by atoms with van der Waals surface area (Å²) in [6, 6.07) is 11.5. The van der Waals surface area contributed by atoms with E-state index in [1.54, 1.807) is 43.3 Å². The van der Waals surface area contributed by atoms with Crippen LogP contribution in [0.2, 0.25) is 0 Å². The van der Waals surface area contributed by atoms with Gasteiger partial charge in [-0.3, -0.25) is 9.10 Å². The predicted octanol–water partition coefficient (Wildman–Crippen LogP) is 3.11. The van der Waals surface area contributed by atoms with E-state index in [1.165, 1.54) is 7.11 Å². The molecule has 6 nitrogen and oxygen atoms in total. The van der Waals surface area contributed by atoms with Gasteiger partial charge in [-0.15, -0.1) is 0 Å². The molecule has 0 unspecified atom stereocenters. The van der Waals surface area contributed by atoms with Gasteiger partial charge in [-0.1, -0.05) is 18.2 Å². The third kappa shape index (κ3) is 4.54. The molecular formula is C19H24N2O4S. The minimum absolute atomic E-state index is 0.445. The number of nitrogens with zero attached hydrogens (tertiary/aromatic N) is 1. The van der Waals surface area contributed by atoms with Gasteiger partial charge in [-0.05, 0) is 56.2 Å². The molecule has 0 heterocycles. The molecular weight excluding hydrogens is 352 g/mol. The first kappa shape index (κ1) is 19.8. The van der Waals surface area contributed by atoms with Gasteiger partial charge in [-0.25, -0.2) is 8.42 Å². The Bertz CT molecular complexity index is 889. The second-order valence-corrected chi connectivity index (χ2v) is 8.13. The summed E-state index contributed by atoms with van der Waals surface area (Å²) in [6.07, 6.45) is 1.09. The molecule has 2 aromatic carbocycles. The van der Waals surface area contributed by atoms with Crippen molar-refractivity contribution in [3.05, 3.63) is 53.6 Å². The van der Waals surface area contributed by atoms with E-state index in [4.69, 9.17) is 4.74 Å². The van der Waals surface area contributed by atoms with Gasteiger partial charge in [0.2, 0.25) is 15.9 Å². The SMILES string of the molecule is COc1ccccc1NC(=O)[C@H](C)N(c1cc(C)cc(C)c1)S(C)(=O)=O. The Morgan fingerprint density at radius 1 is 1.12 bits per heavy atom. The summed E-state index contributed by atoms with van der Waals surface area (Å²) in [5, 5.41) is 2.74. The second kappa shape index (κ2) is 7.78. The third-order valence-corrected chi connectivity index (χ3v) is 5.16. The highest BCUT2D eigenvalue weighted by Gasteiger charge is 2.29. The van der Waals surface area contributed by atoms with E-state index in [0.29, 0.717) is 17.1 Å². The smallest absolute Gasteiger partial charge is 0.248 e. The van der Waals surface area contributed by atoms with Crippen LogP contribution in [0.4, 0.5) is 11.4 Å². The number of hydrogen-bond donors (Lipinski definition) is 1. The van der Waals surface area contributed by atoms with Crippen LogP contribution in [0.25, 0.3) is 0 Å². The van der Waals surface area contributed by atoms with Gasteiger partial charge in [0.15, 0.2) is 0 Å². The van der Waals surface area contributed by atoms with Crippen molar-refractivity contribution in [3.63, 3.8) is 0 Å². The zero-order valence-corrected chi connectivity index (χ0v) is 16.4. The summed E-state index contributed by atoms with van der Waals surface area (Å²) < 4.78 is 31.2. The van der Waals surface area contributed by atoms with Gasteiger partial charge < -0.3 is 10.1 Å². The maximum Gasteiger partial charge on any atom is 0.248 e. The molecule has 26 heavy (non-hydrogen) atoms. The van der Waals surface area contributed by atoms with Crippen LogP contribution < -0.4 is 14.4 Å². The van der Waals surface area contributed by atoms with E-state index in [2.05, 4.69) is 5.32 Å². The topological polar surface area (TPSA) is 75.7 Å². The van der Waals surface area contributed by atoms with Crippen molar-refractivity contribution in [3.8, 4) is 5.75 Å². The molecule has 0 saturated carbocycles. The van der Waals surface area contributed by atoms with Crippen molar-refractivity contribution < 1.29 is 17.9 Å². The number of carbonyl (C=O) groups is 1. The van der Waals surface area contributed by atoms with Crippen LogP contribution in [0.5, 0.6) is 5.75 Å². The van der Waals surface area contributed by atoms with Crippen LogP contribution in [0, 0.1) is 13.8 Å². The molecule has 0 aromatic heterocycles. The molecule has 7 heteroatoms. The molecule has 2 rings (SSSR count). The van der Waals surface area contributed by atoms with Crippen LogP contribution in [-0.2, 0) is 14.8 Å². The largest absolute Gasteiger partial charge is 0.495 e. The molecule has 2 aromatic rings. The number of sulfonamides is 1. The lowest BCUT2D eigenvalue weighted by atomic mass is 10.1. The number of nitrogens with one attached hydrogen (secondary N) is 1. The Balaban J connectivity index is 2.38. The Kier molecular flexibility index (Phi) is 5.92. The summed E-state index contributed by atoms with van der Waals surface area (Å²) >= 11 is 0. The van der Waals surface area contributed by atoms with Crippen molar-refractivity contribution in [2.45, 2.75) is 26.8 Å². The zero-order valence-electron chi connectivity index (χ0n) is 15.6. The van der Waals surface area contributed by atoms with Crippen molar-refractivity contribution in [1.29, 1.82) is 0 Å². The van der Waals surface area contributed by atoms with E-state index in [0.717, 1.165) is 21.7 Å². The zero-order chi connectivity index (χ0) is 19.5. The number of para-hydroxylation sites is 2. The maximum atomic E-state index is 12.7. The van der Waals surface area contributed by atoms with Crippen LogP contribution in [-0.4, -0.2) is 33.7 Å². The molecule has 1 atom stereocenters. The van der Waals surface area contributed by atoms with Crippen molar-refractivity contribution >= 4 is 27.3 Å². The highest BCUT2D eigenvalue weighted by atomic mass is 32.2. The number of ether oxygens (including phenoxy) is 1. The highest BCUT2D eigenvalue weighted by molar-refractivity contribution is 7.92. The number of rotatable bonds is 6. The fourth-order valence-electron chi connectivity index (χ4n) is 2.87.